The number of carbonyl (C=O) groups excluding carboxylic acids is 1. The number of carbonyl (C=O) groups is 1. The summed E-state index contributed by atoms with van der Waals surface area (Å²) in [6, 6.07) is 16.4. The molecule has 1 heterocycles. The van der Waals surface area contributed by atoms with E-state index in [0.717, 1.165) is 11.3 Å². The van der Waals surface area contributed by atoms with Crippen molar-refractivity contribution in [2.75, 3.05) is 6.61 Å². The Hall–Kier alpha value is -3.55. The molecule has 0 N–H and O–H groups in total. The predicted molar refractivity (Wildman–Crippen MR) is 89.4 cm³/mol. The van der Waals surface area contributed by atoms with Gasteiger partial charge in [-0.05, 0) is 47.2 Å². The van der Waals surface area contributed by atoms with E-state index in [0.29, 0.717) is 11.5 Å². The Morgan fingerprint density at radius 1 is 1.12 bits per heavy atom. The fourth-order valence-electron chi connectivity index (χ4n) is 1.99. The Morgan fingerprint density at radius 3 is 2.56 bits per heavy atom. The topological polar surface area (TPSA) is 91.5 Å². The van der Waals surface area contributed by atoms with Crippen LogP contribution in [0.3, 0.4) is 0 Å². The lowest BCUT2D eigenvalue weighted by atomic mass is 10.1. The van der Waals surface area contributed by atoms with Crippen LogP contribution in [0, 0.1) is 0 Å². The molecule has 0 aliphatic carbocycles. The van der Waals surface area contributed by atoms with Crippen LogP contribution in [0.1, 0.15) is 12.5 Å². The number of rotatable bonds is 6. The molecule has 0 aliphatic rings. The molecule has 1 aromatic heterocycles. The van der Waals surface area contributed by atoms with Gasteiger partial charge in [0.1, 0.15) is 12.1 Å². The summed E-state index contributed by atoms with van der Waals surface area (Å²) in [5, 5.41) is 14.8. The number of ether oxygens (including phenoxy) is 1. The molecule has 25 heavy (non-hydrogen) atoms. The lowest BCUT2D eigenvalue weighted by molar-refractivity contribution is -0.146. The monoisotopic (exact) mass is 337 g/mol. The summed E-state index contributed by atoms with van der Waals surface area (Å²) in [4.78, 5) is 16.6. The summed E-state index contributed by atoms with van der Waals surface area (Å²) in [7, 11) is 0. The molecule has 126 valence electrons. The zero-order chi connectivity index (χ0) is 17.5. The molecular formula is C17H15N5O3. The zero-order valence-electron chi connectivity index (χ0n) is 13.4. The van der Waals surface area contributed by atoms with Crippen LogP contribution in [0.15, 0.2) is 66.1 Å². The van der Waals surface area contributed by atoms with E-state index < -0.39 is 5.97 Å². The smallest absolute Gasteiger partial charge is 0.372 e. The number of benzene rings is 2. The molecule has 0 saturated carbocycles. The van der Waals surface area contributed by atoms with Crippen LogP contribution in [0.5, 0.6) is 5.75 Å². The Labute approximate surface area is 143 Å². The SMILES string of the molecule is C/C(=N/OC(=O)COc1ccccc1)c1ccc(-n2cnnn2)cc1. The van der Waals surface area contributed by atoms with Crippen molar-refractivity contribution in [1.29, 1.82) is 0 Å². The number of hydrogen-bond donors (Lipinski definition) is 0. The molecule has 8 nitrogen and oxygen atoms in total. The highest BCUT2D eigenvalue weighted by molar-refractivity contribution is 5.98. The van der Waals surface area contributed by atoms with Crippen LogP contribution < -0.4 is 4.74 Å². The molecule has 2 aromatic carbocycles. The third-order valence-corrected chi connectivity index (χ3v) is 3.28. The highest BCUT2D eigenvalue weighted by Crippen LogP contribution is 2.10. The minimum atomic E-state index is -0.575. The van der Waals surface area contributed by atoms with E-state index in [1.807, 2.05) is 42.5 Å². The number of nitrogens with zero attached hydrogens (tertiary/aromatic N) is 5. The Kier molecular flexibility index (Phi) is 5.10. The van der Waals surface area contributed by atoms with Gasteiger partial charge in [-0.15, -0.1) is 5.10 Å². The third kappa shape index (κ3) is 4.47. The predicted octanol–water partition coefficient (Wildman–Crippen LogP) is 2.01. The Bertz CT molecular complexity index is 846. The number of hydrogen-bond acceptors (Lipinski definition) is 7. The summed E-state index contributed by atoms with van der Waals surface area (Å²) < 4.78 is 6.84. The van der Waals surface area contributed by atoms with Crippen LogP contribution in [0.25, 0.3) is 5.69 Å². The molecule has 0 unspecified atom stereocenters. The molecule has 0 atom stereocenters. The van der Waals surface area contributed by atoms with Crippen molar-refractivity contribution in [1.82, 2.24) is 20.2 Å². The Balaban J connectivity index is 1.55. The van der Waals surface area contributed by atoms with Crippen molar-refractivity contribution in [3.63, 3.8) is 0 Å². The van der Waals surface area contributed by atoms with E-state index in [4.69, 9.17) is 9.57 Å². The molecular weight excluding hydrogens is 322 g/mol. The second-order valence-corrected chi connectivity index (χ2v) is 5.04. The molecule has 0 aliphatic heterocycles. The maximum atomic E-state index is 11.7. The average Bonchev–Trinajstić information content (AvgIpc) is 3.20. The van der Waals surface area contributed by atoms with Gasteiger partial charge in [0.15, 0.2) is 6.61 Å². The van der Waals surface area contributed by atoms with Crippen LogP contribution in [0.4, 0.5) is 0 Å². The standard InChI is InChI=1S/C17H15N5O3/c1-13(14-7-9-15(10-8-14)22-12-18-20-21-22)19-25-17(23)11-24-16-5-3-2-4-6-16/h2-10,12H,11H2,1H3/b19-13-. The van der Waals surface area contributed by atoms with Gasteiger partial charge in [-0.25, -0.2) is 9.48 Å². The molecule has 0 amide bonds. The molecule has 0 radical (unpaired) electrons. The number of tetrazole rings is 1. The summed E-state index contributed by atoms with van der Waals surface area (Å²) in [5.74, 6) is 0.0202. The second-order valence-electron chi connectivity index (χ2n) is 5.04. The molecule has 3 rings (SSSR count). The number of oxime groups is 1. The highest BCUT2D eigenvalue weighted by Gasteiger charge is 2.06. The molecule has 3 aromatic rings. The van der Waals surface area contributed by atoms with Gasteiger partial charge < -0.3 is 9.57 Å². The van der Waals surface area contributed by atoms with Gasteiger partial charge in [0, 0.05) is 0 Å². The Morgan fingerprint density at radius 2 is 1.88 bits per heavy atom. The van der Waals surface area contributed by atoms with Gasteiger partial charge in [-0.2, -0.15) is 0 Å². The van der Waals surface area contributed by atoms with Crippen molar-refractivity contribution < 1.29 is 14.4 Å². The van der Waals surface area contributed by atoms with E-state index in [9.17, 15) is 4.79 Å². The average molecular weight is 337 g/mol. The summed E-state index contributed by atoms with van der Waals surface area (Å²) in [6.07, 6.45) is 1.50. The third-order valence-electron chi connectivity index (χ3n) is 3.28. The largest absolute Gasteiger partial charge is 0.482 e. The van der Waals surface area contributed by atoms with E-state index >= 15 is 0 Å². The van der Waals surface area contributed by atoms with Crippen LogP contribution in [-0.2, 0) is 9.63 Å². The zero-order valence-corrected chi connectivity index (χ0v) is 13.4. The molecule has 8 heteroatoms. The number of aromatic nitrogens is 4. The van der Waals surface area contributed by atoms with Gasteiger partial charge in [-0.1, -0.05) is 35.5 Å². The first-order valence-corrected chi connectivity index (χ1v) is 7.48. The van der Waals surface area contributed by atoms with E-state index in [1.165, 1.54) is 11.0 Å². The maximum absolute atomic E-state index is 11.7. The van der Waals surface area contributed by atoms with Crippen molar-refractivity contribution in [2.45, 2.75) is 6.92 Å². The minimum absolute atomic E-state index is 0.209. The lowest BCUT2D eigenvalue weighted by Crippen LogP contribution is -2.13. The van der Waals surface area contributed by atoms with E-state index in [-0.39, 0.29) is 6.61 Å². The van der Waals surface area contributed by atoms with Gasteiger partial charge in [0.05, 0.1) is 11.4 Å². The number of para-hydroxylation sites is 1. The van der Waals surface area contributed by atoms with E-state index in [2.05, 4.69) is 20.7 Å². The van der Waals surface area contributed by atoms with Crippen molar-refractivity contribution in [3.05, 3.63) is 66.5 Å². The van der Waals surface area contributed by atoms with Crippen LogP contribution >= 0.6 is 0 Å². The minimum Gasteiger partial charge on any atom is -0.482 e. The van der Waals surface area contributed by atoms with Crippen LogP contribution in [0.2, 0.25) is 0 Å². The fraction of sp³-hybridized carbons (Fsp3) is 0.118. The van der Waals surface area contributed by atoms with Gasteiger partial charge in [-0.3, -0.25) is 0 Å². The summed E-state index contributed by atoms with van der Waals surface area (Å²) >= 11 is 0. The maximum Gasteiger partial charge on any atom is 0.372 e. The van der Waals surface area contributed by atoms with Crippen molar-refractivity contribution >= 4 is 11.7 Å². The van der Waals surface area contributed by atoms with Gasteiger partial charge in [0.2, 0.25) is 0 Å². The summed E-state index contributed by atoms with van der Waals surface area (Å²) in [5.41, 5.74) is 2.19. The molecule has 0 spiro atoms. The van der Waals surface area contributed by atoms with Crippen LogP contribution in [-0.4, -0.2) is 38.5 Å². The van der Waals surface area contributed by atoms with Gasteiger partial charge >= 0.3 is 5.97 Å². The quantitative estimate of drug-likeness (QED) is 0.388. The fourth-order valence-corrected chi connectivity index (χ4v) is 1.99. The van der Waals surface area contributed by atoms with Crippen molar-refractivity contribution in [3.8, 4) is 11.4 Å². The first kappa shape index (κ1) is 16.3. The first-order chi connectivity index (χ1) is 12.2. The molecule has 0 bridgehead atoms. The van der Waals surface area contributed by atoms with Crippen molar-refractivity contribution in [2.24, 2.45) is 5.16 Å². The molecule has 0 fully saturated rings. The first-order valence-electron chi connectivity index (χ1n) is 7.48. The lowest BCUT2D eigenvalue weighted by Gasteiger charge is -2.05. The normalized spacial score (nSPS) is 11.2. The highest BCUT2D eigenvalue weighted by atomic mass is 16.7. The van der Waals surface area contributed by atoms with Gasteiger partial charge in [0.25, 0.3) is 0 Å². The van der Waals surface area contributed by atoms with E-state index in [1.54, 1.807) is 19.1 Å². The molecule has 0 saturated heterocycles. The second kappa shape index (κ2) is 7.82. The summed E-state index contributed by atoms with van der Waals surface area (Å²) in [6.45, 7) is 1.54.